The van der Waals surface area contributed by atoms with Crippen molar-refractivity contribution >= 4 is 11.9 Å². The van der Waals surface area contributed by atoms with E-state index in [1.54, 1.807) is 7.11 Å². The number of hydrazine groups is 1. The number of anilines is 2. The van der Waals surface area contributed by atoms with Crippen molar-refractivity contribution in [2.24, 2.45) is 5.84 Å². The van der Waals surface area contributed by atoms with Gasteiger partial charge in [-0.05, 0) is 12.8 Å². The molecule has 0 spiro atoms. The highest BCUT2D eigenvalue weighted by atomic mass is 16.5. The first kappa shape index (κ1) is 12.8. The second kappa shape index (κ2) is 5.78. The van der Waals surface area contributed by atoms with Crippen LogP contribution < -0.4 is 20.9 Å². The van der Waals surface area contributed by atoms with Crippen LogP contribution in [0.4, 0.5) is 11.9 Å². The first-order valence-electron chi connectivity index (χ1n) is 5.81. The Morgan fingerprint density at radius 3 is 2.83 bits per heavy atom. The highest BCUT2D eigenvalue weighted by Crippen LogP contribution is 2.20. The van der Waals surface area contributed by atoms with Gasteiger partial charge in [0, 0.05) is 20.2 Å². The minimum Gasteiger partial charge on any atom is -0.467 e. The first-order chi connectivity index (χ1) is 8.76. The molecule has 0 radical (unpaired) electrons. The molecule has 1 aromatic rings. The number of nitrogen functional groups attached to an aromatic ring is 1. The maximum Gasteiger partial charge on any atom is 0.322 e. The zero-order chi connectivity index (χ0) is 13.0. The molecule has 8 nitrogen and oxygen atoms in total. The minimum atomic E-state index is 0.204. The SMILES string of the molecule is COc1nc(NN)nc(N2CCCC(OC)C2)n1. The summed E-state index contributed by atoms with van der Waals surface area (Å²) in [6.07, 6.45) is 2.30. The lowest BCUT2D eigenvalue weighted by atomic mass is 10.1. The maximum atomic E-state index is 5.37. The van der Waals surface area contributed by atoms with Crippen molar-refractivity contribution in [2.45, 2.75) is 18.9 Å². The Morgan fingerprint density at radius 1 is 1.33 bits per heavy atom. The Bertz CT molecular complexity index is 380. The number of rotatable bonds is 4. The fraction of sp³-hybridized carbons (Fsp3) is 0.700. The number of nitrogens with one attached hydrogen (secondary N) is 1. The molecule has 3 N–H and O–H groups in total. The summed E-state index contributed by atoms with van der Waals surface area (Å²) < 4.78 is 10.4. The molecule has 1 aromatic heterocycles. The van der Waals surface area contributed by atoms with Gasteiger partial charge in [-0.3, -0.25) is 5.43 Å². The average molecular weight is 254 g/mol. The van der Waals surface area contributed by atoms with Crippen molar-refractivity contribution in [3.8, 4) is 6.01 Å². The molecule has 2 heterocycles. The molecular weight excluding hydrogens is 236 g/mol. The number of aromatic nitrogens is 3. The standard InChI is InChI=1S/C10H18N6O2/c1-17-7-4-3-5-16(6-7)9-12-8(15-11)13-10(14-9)18-2/h7H,3-6,11H2,1-2H3,(H,12,13,14,15). The van der Waals surface area contributed by atoms with Crippen LogP contribution in [-0.2, 0) is 4.74 Å². The van der Waals surface area contributed by atoms with Gasteiger partial charge in [0.2, 0.25) is 11.9 Å². The number of methoxy groups -OCH3 is 2. The fourth-order valence-corrected chi connectivity index (χ4v) is 1.96. The van der Waals surface area contributed by atoms with Gasteiger partial charge >= 0.3 is 6.01 Å². The van der Waals surface area contributed by atoms with E-state index in [0.717, 1.165) is 25.9 Å². The molecule has 0 amide bonds. The van der Waals surface area contributed by atoms with E-state index in [-0.39, 0.29) is 18.1 Å². The fourth-order valence-electron chi connectivity index (χ4n) is 1.96. The number of piperidine rings is 1. The average Bonchev–Trinajstić information content (AvgIpc) is 2.46. The molecule has 1 aliphatic heterocycles. The van der Waals surface area contributed by atoms with E-state index in [1.165, 1.54) is 7.11 Å². The summed E-state index contributed by atoms with van der Waals surface area (Å²) in [6.45, 7) is 1.64. The van der Waals surface area contributed by atoms with Crippen LogP contribution >= 0.6 is 0 Å². The molecule has 1 saturated heterocycles. The molecule has 8 heteroatoms. The van der Waals surface area contributed by atoms with Gasteiger partial charge in [-0.2, -0.15) is 15.0 Å². The Hall–Kier alpha value is -1.67. The maximum absolute atomic E-state index is 5.37. The third-order valence-electron chi connectivity index (χ3n) is 2.91. The predicted molar refractivity (Wildman–Crippen MR) is 66.4 cm³/mol. The second-order valence-electron chi connectivity index (χ2n) is 4.04. The molecule has 100 valence electrons. The number of nitrogens with two attached hydrogens (primary N) is 1. The summed E-state index contributed by atoms with van der Waals surface area (Å²) in [5.41, 5.74) is 2.41. The van der Waals surface area contributed by atoms with Crippen molar-refractivity contribution in [3.63, 3.8) is 0 Å². The first-order valence-corrected chi connectivity index (χ1v) is 5.81. The topological polar surface area (TPSA) is 98.4 Å². The van der Waals surface area contributed by atoms with E-state index >= 15 is 0 Å². The summed E-state index contributed by atoms with van der Waals surface area (Å²) in [5.74, 6) is 6.16. The summed E-state index contributed by atoms with van der Waals surface area (Å²) in [6, 6.07) is 0.243. The van der Waals surface area contributed by atoms with Crippen molar-refractivity contribution in [3.05, 3.63) is 0 Å². The van der Waals surface area contributed by atoms with Crippen molar-refractivity contribution in [1.82, 2.24) is 15.0 Å². The lowest BCUT2D eigenvalue weighted by molar-refractivity contribution is 0.0888. The van der Waals surface area contributed by atoms with Gasteiger partial charge in [-0.1, -0.05) is 0 Å². The molecule has 1 unspecified atom stereocenters. The van der Waals surface area contributed by atoms with Crippen LogP contribution in [-0.4, -0.2) is 48.4 Å². The van der Waals surface area contributed by atoms with Crippen molar-refractivity contribution in [1.29, 1.82) is 0 Å². The predicted octanol–water partition coefficient (Wildman–Crippen LogP) is -0.219. The van der Waals surface area contributed by atoms with Gasteiger partial charge in [0.05, 0.1) is 13.2 Å². The summed E-state index contributed by atoms with van der Waals surface area (Å²) >= 11 is 0. The van der Waals surface area contributed by atoms with Gasteiger partial charge in [-0.25, -0.2) is 5.84 Å². The van der Waals surface area contributed by atoms with Gasteiger partial charge in [0.25, 0.3) is 0 Å². The smallest absolute Gasteiger partial charge is 0.322 e. The number of hydrogen-bond donors (Lipinski definition) is 2. The zero-order valence-electron chi connectivity index (χ0n) is 10.6. The van der Waals surface area contributed by atoms with Crippen LogP contribution in [0.2, 0.25) is 0 Å². The number of ether oxygens (including phenoxy) is 2. The normalized spacial score (nSPS) is 19.7. The molecule has 18 heavy (non-hydrogen) atoms. The van der Waals surface area contributed by atoms with Crippen LogP contribution in [0.1, 0.15) is 12.8 Å². The van der Waals surface area contributed by atoms with E-state index in [0.29, 0.717) is 5.95 Å². The Morgan fingerprint density at radius 2 is 2.17 bits per heavy atom. The van der Waals surface area contributed by atoms with Crippen LogP contribution in [0.25, 0.3) is 0 Å². The Labute approximate surface area is 105 Å². The molecule has 1 atom stereocenters. The Balaban J connectivity index is 2.20. The zero-order valence-corrected chi connectivity index (χ0v) is 10.6. The summed E-state index contributed by atoms with van der Waals surface area (Å²) in [7, 11) is 3.22. The van der Waals surface area contributed by atoms with Gasteiger partial charge in [0.15, 0.2) is 0 Å². The lowest BCUT2D eigenvalue weighted by Crippen LogP contribution is -2.40. The molecule has 1 fully saturated rings. The van der Waals surface area contributed by atoms with Gasteiger partial charge in [0.1, 0.15) is 0 Å². The quantitative estimate of drug-likeness (QED) is 0.562. The minimum absolute atomic E-state index is 0.204. The summed E-state index contributed by atoms with van der Waals surface area (Å²) in [4.78, 5) is 14.5. The van der Waals surface area contributed by atoms with Crippen molar-refractivity contribution in [2.75, 3.05) is 37.6 Å². The highest BCUT2D eigenvalue weighted by Gasteiger charge is 2.22. The van der Waals surface area contributed by atoms with E-state index in [9.17, 15) is 0 Å². The van der Waals surface area contributed by atoms with E-state index in [1.807, 2.05) is 4.90 Å². The molecule has 0 aromatic carbocycles. The molecule has 0 aliphatic carbocycles. The molecule has 0 saturated carbocycles. The van der Waals surface area contributed by atoms with Crippen LogP contribution in [0, 0.1) is 0 Å². The largest absolute Gasteiger partial charge is 0.467 e. The second-order valence-corrected chi connectivity index (χ2v) is 4.04. The van der Waals surface area contributed by atoms with Crippen LogP contribution in [0.3, 0.4) is 0 Å². The van der Waals surface area contributed by atoms with E-state index < -0.39 is 0 Å². The third-order valence-corrected chi connectivity index (χ3v) is 2.91. The number of hydrogen-bond acceptors (Lipinski definition) is 8. The lowest BCUT2D eigenvalue weighted by Gasteiger charge is -2.31. The molecular formula is C10H18N6O2. The highest BCUT2D eigenvalue weighted by molar-refractivity contribution is 5.38. The molecule has 1 aliphatic rings. The monoisotopic (exact) mass is 254 g/mol. The Kier molecular flexibility index (Phi) is 4.11. The van der Waals surface area contributed by atoms with Crippen LogP contribution in [0.5, 0.6) is 6.01 Å². The van der Waals surface area contributed by atoms with E-state index in [4.69, 9.17) is 15.3 Å². The number of nitrogens with zero attached hydrogens (tertiary/aromatic N) is 4. The van der Waals surface area contributed by atoms with Gasteiger partial charge < -0.3 is 14.4 Å². The summed E-state index contributed by atoms with van der Waals surface area (Å²) in [5, 5.41) is 0. The molecule has 0 bridgehead atoms. The molecule has 2 rings (SSSR count). The van der Waals surface area contributed by atoms with Crippen LogP contribution in [0.15, 0.2) is 0 Å². The third kappa shape index (κ3) is 2.77. The van der Waals surface area contributed by atoms with Gasteiger partial charge in [-0.15, -0.1) is 0 Å². The van der Waals surface area contributed by atoms with Crippen molar-refractivity contribution < 1.29 is 9.47 Å². The van der Waals surface area contributed by atoms with E-state index in [2.05, 4.69) is 20.4 Å².